The van der Waals surface area contributed by atoms with Crippen molar-refractivity contribution in [3.63, 3.8) is 0 Å². The number of nitrogens with one attached hydrogen (secondary N) is 1. The van der Waals surface area contributed by atoms with Crippen LogP contribution in [-0.2, 0) is 5.60 Å². The van der Waals surface area contributed by atoms with Crippen LogP contribution in [0.4, 0.5) is 13.2 Å². The smallest absolute Gasteiger partial charge is 0.372 e. The lowest BCUT2D eigenvalue weighted by Gasteiger charge is -2.31. The Hall–Kier alpha value is -1.98. The van der Waals surface area contributed by atoms with Crippen molar-refractivity contribution in [1.29, 1.82) is 0 Å². The minimum absolute atomic E-state index is 0.238. The van der Waals surface area contributed by atoms with E-state index in [0.29, 0.717) is 15.9 Å². The summed E-state index contributed by atoms with van der Waals surface area (Å²) in [5.41, 5.74) is -3.11. The number of hydrogen-bond acceptors (Lipinski definition) is 1. The molecule has 3 aromatic rings. The summed E-state index contributed by atoms with van der Waals surface area (Å²) in [6.45, 7) is 0. The van der Waals surface area contributed by atoms with Crippen LogP contribution in [0, 0.1) is 0 Å². The van der Waals surface area contributed by atoms with Crippen molar-refractivity contribution in [1.82, 2.24) is 4.98 Å². The molecule has 0 fully saturated rings. The average Bonchev–Trinajstić information content (AvgIpc) is 2.90. The molecule has 1 aromatic heterocycles. The summed E-state index contributed by atoms with van der Waals surface area (Å²) in [5.74, 6) is 0. The lowest BCUT2D eigenvalue weighted by Crippen LogP contribution is -2.43. The maximum Gasteiger partial charge on any atom is 0.425 e. The number of fused-ring (bicyclic) bond motifs is 1. The van der Waals surface area contributed by atoms with Crippen LogP contribution < -0.4 is 0 Å². The number of para-hydroxylation sites is 1. The molecule has 1 unspecified atom stereocenters. The van der Waals surface area contributed by atoms with E-state index in [1.807, 2.05) is 0 Å². The number of H-pyrrole nitrogens is 1. The number of hydrogen-bond donors (Lipinski definition) is 2. The molecule has 0 bridgehead atoms. The molecule has 1 atom stereocenters. The summed E-state index contributed by atoms with van der Waals surface area (Å²) in [4.78, 5) is 2.76. The summed E-state index contributed by atoms with van der Waals surface area (Å²) in [7, 11) is 0. The third-order valence-corrected chi connectivity index (χ3v) is 3.90. The zero-order chi connectivity index (χ0) is 16.0. The van der Waals surface area contributed by atoms with Crippen LogP contribution in [0.15, 0.2) is 54.7 Å². The van der Waals surface area contributed by atoms with Crippen LogP contribution >= 0.6 is 11.6 Å². The Labute approximate surface area is 129 Å². The first-order chi connectivity index (χ1) is 10.3. The number of aromatic amines is 1. The molecule has 0 amide bonds. The fourth-order valence-electron chi connectivity index (χ4n) is 2.53. The highest BCUT2D eigenvalue weighted by atomic mass is 35.5. The zero-order valence-electron chi connectivity index (χ0n) is 11.2. The fourth-order valence-corrected chi connectivity index (χ4v) is 2.66. The van der Waals surface area contributed by atoms with E-state index in [0.717, 1.165) is 0 Å². The van der Waals surface area contributed by atoms with Gasteiger partial charge in [0.25, 0.3) is 0 Å². The highest BCUT2D eigenvalue weighted by Gasteiger charge is 2.57. The van der Waals surface area contributed by atoms with Gasteiger partial charge in [-0.1, -0.05) is 41.9 Å². The molecule has 1 heterocycles. The van der Waals surface area contributed by atoms with Gasteiger partial charge >= 0.3 is 6.18 Å². The fraction of sp³-hybridized carbons (Fsp3) is 0.125. The molecule has 0 aliphatic carbocycles. The van der Waals surface area contributed by atoms with E-state index >= 15 is 0 Å². The number of alkyl halides is 3. The standard InChI is InChI=1S/C16H11ClF3NO/c17-11-7-5-10(6-8-11)15(22,16(18,19)20)13-9-21-14-4-2-1-3-12(13)14/h1-9,21-22H. The van der Waals surface area contributed by atoms with Gasteiger partial charge in [-0.2, -0.15) is 13.2 Å². The minimum atomic E-state index is -4.88. The van der Waals surface area contributed by atoms with Crippen molar-refractivity contribution in [2.24, 2.45) is 0 Å². The lowest BCUT2D eigenvalue weighted by molar-refractivity contribution is -0.247. The number of aromatic nitrogens is 1. The Bertz CT molecular complexity index is 810. The number of rotatable bonds is 2. The van der Waals surface area contributed by atoms with Gasteiger partial charge in [-0.05, 0) is 23.8 Å². The highest BCUT2D eigenvalue weighted by Crippen LogP contribution is 2.46. The SMILES string of the molecule is OC(c1ccc(Cl)cc1)(c1c[nH]c2ccccc12)C(F)(F)F. The number of halogens is 4. The third kappa shape index (κ3) is 2.17. The summed E-state index contributed by atoms with van der Waals surface area (Å²) < 4.78 is 41.1. The topological polar surface area (TPSA) is 36.0 Å². The van der Waals surface area contributed by atoms with Gasteiger partial charge in [-0.25, -0.2) is 0 Å². The predicted octanol–water partition coefficient (Wildman–Crippen LogP) is 4.62. The Kier molecular flexibility index (Phi) is 3.42. The van der Waals surface area contributed by atoms with Crippen molar-refractivity contribution in [3.05, 3.63) is 70.9 Å². The Balaban J connectivity index is 2.29. The molecule has 2 N–H and O–H groups in total. The monoisotopic (exact) mass is 325 g/mol. The average molecular weight is 326 g/mol. The second-order valence-electron chi connectivity index (χ2n) is 4.96. The van der Waals surface area contributed by atoms with Gasteiger partial charge in [0, 0.05) is 27.7 Å². The van der Waals surface area contributed by atoms with Gasteiger partial charge in [0.15, 0.2) is 0 Å². The van der Waals surface area contributed by atoms with Crippen LogP contribution in [0.2, 0.25) is 5.02 Å². The molecule has 0 aliphatic rings. The molecule has 3 rings (SSSR count). The van der Waals surface area contributed by atoms with Crippen LogP contribution in [0.5, 0.6) is 0 Å². The zero-order valence-corrected chi connectivity index (χ0v) is 11.9. The molecule has 0 radical (unpaired) electrons. The lowest BCUT2D eigenvalue weighted by atomic mass is 9.85. The molecule has 22 heavy (non-hydrogen) atoms. The Morgan fingerprint density at radius 3 is 2.23 bits per heavy atom. The highest BCUT2D eigenvalue weighted by molar-refractivity contribution is 6.30. The van der Waals surface area contributed by atoms with Crippen LogP contribution in [0.25, 0.3) is 10.9 Å². The summed E-state index contributed by atoms with van der Waals surface area (Å²) in [6, 6.07) is 11.5. The summed E-state index contributed by atoms with van der Waals surface area (Å²) in [5, 5.41) is 11.2. The van der Waals surface area contributed by atoms with Crippen molar-refractivity contribution in [2.75, 3.05) is 0 Å². The summed E-state index contributed by atoms with van der Waals surface area (Å²) in [6.07, 6.45) is -3.70. The summed E-state index contributed by atoms with van der Waals surface area (Å²) >= 11 is 5.73. The number of aliphatic hydroxyl groups is 1. The van der Waals surface area contributed by atoms with E-state index in [1.165, 1.54) is 36.5 Å². The van der Waals surface area contributed by atoms with Gasteiger partial charge in [0.05, 0.1) is 0 Å². The minimum Gasteiger partial charge on any atom is -0.372 e. The van der Waals surface area contributed by atoms with Crippen molar-refractivity contribution in [3.8, 4) is 0 Å². The Morgan fingerprint density at radius 1 is 0.955 bits per heavy atom. The van der Waals surface area contributed by atoms with E-state index < -0.39 is 11.8 Å². The molecule has 0 aliphatic heterocycles. The second-order valence-corrected chi connectivity index (χ2v) is 5.40. The largest absolute Gasteiger partial charge is 0.425 e. The van der Waals surface area contributed by atoms with Crippen LogP contribution in [0.3, 0.4) is 0 Å². The van der Waals surface area contributed by atoms with Crippen LogP contribution in [0.1, 0.15) is 11.1 Å². The van der Waals surface area contributed by atoms with Crippen LogP contribution in [-0.4, -0.2) is 16.3 Å². The van der Waals surface area contributed by atoms with E-state index in [2.05, 4.69) is 4.98 Å². The van der Waals surface area contributed by atoms with Gasteiger partial charge in [0.1, 0.15) is 0 Å². The van der Waals surface area contributed by atoms with E-state index in [-0.39, 0.29) is 11.1 Å². The van der Waals surface area contributed by atoms with Gasteiger partial charge < -0.3 is 10.1 Å². The molecule has 114 valence electrons. The molecule has 6 heteroatoms. The Morgan fingerprint density at radius 2 is 1.59 bits per heavy atom. The quantitative estimate of drug-likeness (QED) is 0.708. The molecule has 0 saturated carbocycles. The van der Waals surface area contributed by atoms with E-state index in [9.17, 15) is 18.3 Å². The maximum absolute atomic E-state index is 13.7. The molecule has 2 nitrogen and oxygen atoms in total. The van der Waals surface area contributed by atoms with E-state index in [1.54, 1.807) is 18.2 Å². The maximum atomic E-state index is 13.7. The van der Waals surface area contributed by atoms with Crippen molar-refractivity contribution < 1.29 is 18.3 Å². The number of benzene rings is 2. The second kappa shape index (κ2) is 5.04. The molecule has 2 aromatic carbocycles. The van der Waals surface area contributed by atoms with Crippen molar-refractivity contribution in [2.45, 2.75) is 11.8 Å². The molecule has 0 saturated heterocycles. The van der Waals surface area contributed by atoms with Gasteiger partial charge in [-0.3, -0.25) is 0 Å². The first-order valence-corrected chi connectivity index (χ1v) is 6.83. The molecular formula is C16H11ClF3NO. The normalized spacial score (nSPS) is 15.0. The first-order valence-electron chi connectivity index (χ1n) is 6.46. The molecular weight excluding hydrogens is 315 g/mol. The van der Waals surface area contributed by atoms with Gasteiger partial charge in [0.2, 0.25) is 5.60 Å². The molecule has 0 spiro atoms. The van der Waals surface area contributed by atoms with Crippen molar-refractivity contribution >= 4 is 22.5 Å². The van der Waals surface area contributed by atoms with E-state index in [4.69, 9.17) is 11.6 Å². The van der Waals surface area contributed by atoms with Gasteiger partial charge in [-0.15, -0.1) is 0 Å². The third-order valence-electron chi connectivity index (χ3n) is 3.65. The predicted molar refractivity (Wildman–Crippen MR) is 78.8 cm³/mol. The first kappa shape index (κ1) is 14.9.